The summed E-state index contributed by atoms with van der Waals surface area (Å²) in [5.74, 6) is 2.22. The van der Waals surface area contributed by atoms with Crippen molar-refractivity contribution in [2.24, 2.45) is 0 Å². The molecule has 0 aliphatic rings. The number of benzene rings is 1. The predicted molar refractivity (Wildman–Crippen MR) is 67.6 cm³/mol. The van der Waals surface area contributed by atoms with E-state index in [-0.39, 0.29) is 12.0 Å². The smallest absolute Gasteiger partial charge is 0.338 e. The number of rotatable bonds is 5. The molecule has 17 heavy (non-hydrogen) atoms. The number of terminal acetylenes is 1. The molecule has 1 atom stereocenters. The predicted octanol–water partition coefficient (Wildman–Crippen LogP) is 2.15. The van der Waals surface area contributed by atoms with Gasteiger partial charge in [-0.3, -0.25) is 5.32 Å². The zero-order chi connectivity index (χ0) is 12.7. The summed E-state index contributed by atoms with van der Waals surface area (Å²) < 4.78 is 5.02. The minimum absolute atomic E-state index is 0.0201. The molecule has 1 rings (SSSR count). The summed E-state index contributed by atoms with van der Waals surface area (Å²) in [6, 6.07) is 7.41. The second kappa shape index (κ2) is 6.72. The van der Waals surface area contributed by atoms with Crippen LogP contribution >= 0.6 is 0 Å². The van der Waals surface area contributed by atoms with Gasteiger partial charge >= 0.3 is 5.97 Å². The Morgan fingerprint density at radius 2 is 2.24 bits per heavy atom. The number of nitrogens with one attached hydrogen (secondary N) is 1. The van der Waals surface area contributed by atoms with Crippen LogP contribution in [0.5, 0.6) is 0 Å². The van der Waals surface area contributed by atoms with Crippen LogP contribution in [-0.4, -0.2) is 19.1 Å². The van der Waals surface area contributed by atoms with Crippen LogP contribution in [-0.2, 0) is 4.74 Å². The quantitative estimate of drug-likeness (QED) is 0.623. The van der Waals surface area contributed by atoms with Crippen LogP contribution in [0.25, 0.3) is 0 Å². The lowest BCUT2D eigenvalue weighted by Crippen LogP contribution is -2.21. The molecule has 0 saturated carbocycles. The van der Waals surface area contributed by atoms with Gasteiger partial charge in [0.15, 0.2) is 0 Å². The summed E-state index contributed by atoms with van der Waals surface area (Å²) in [6.45, 7) is 4.60. The van der Waals surface area contributed by atoms with Crippen LogP contribution < -0.4 is 5.32 Å². The summed E-state index contributed by atoms with van der Waals surface area (Å²) in [5.41, 5.74) is 1.49. The Labute approximate surface area is 102 Å². The van der Waals surface area contributed by atoms with Crippen LogP contribution in [0.15, 0.2) is 24.3 Å². The molecule has 0 aromatic heterocycles. The molecule has 0 spiro atoms. The highest BCUT2D eigenvalue weighted by molar-refractivity contribution is 5.91. The monoisotopic (exact) mass is 231 g/mol. The van der Waals surface area contributed by atoms with E-state index in [2.05, 4.69) is 11.2 Å². The molecule has 0 aliphatic carbocycles. The Morgan fingerprint density at radius 3 is 2.88 bits per heavy atom. The number of esters is 1. The lowest BCUT2D eigenvalue weighted by Gasteiger charge is -2.15. The molecule has 1 N–H and O–H groups in total. The van der Waals surface area contributed by atoms with E-state index in [0.717, 1.165) is 5.56 Å². The number of carbonyl (C=O) groups is 1. The van der Waals surface area contributed by atoms with Crippen molar-refractivity contribution in [1.82, 2.24) is 5.32 Å². The summed E-state index contributed by atoms with van der Waals surface area (Å²) in [5, 5.41) is 3.14. The molecule has 0 saturated heterocycles. The van der Waals surface area contributed by atoms with E-state index >= 15 is 0 Å². The molecule has 0 aliphatic heterocycles. The van der Waals surface area contributed by atoms with Crippen molar-refractivity contribution < 1.29 is 9.53 Å². The molecular weight excluding hydrogens is 214 g/mol. The Bertz CT molecular complexity index is 420. The third-order valence-corrected chi connectivity index (χ3v) is 2.43. The van der Waals surface area contributed by atoms with Gasteiger partial charge in [-0.05, 0) is 25.5 Å². The van der Waals surface area contributed by atoms with E-state index in [1.54, 1.807) is 13.0 Å². The lowest BCUT2D eigenvalue weighted by atomic mass is 10.0. The van der Waals surface area contributed by atoms with E-state index in [0.29, 0.717) is 18.7 Å². The molecule has 3 heteroatoms. The number of ether oxygens (including phenoxy) is 1. The average molecular weight is 231 g/mol. The molecule has 0 heterocycles. The normalized spacial score (nSPS) is 11.6. The van der Waals surface area contributed by atoms with Gasteiger partial charge in [0.2, 0.25) is 0 Å². The fourth-order valence-corrected chi connectivity index (χ4v) is 1.59. The van der Waals surface area contributed by atoms with Crippen LogP contribution in [0.1, 0.15) is 35.8 Å². The van der Waals surface area contributed by atoms with Crippen LogP contribution in [0, 0.1) is 12.3 Å². The number of carbonyl (C=O) groups excluding carboxylic acids is 1. The maximum absolute atomic E-state index is 11.8. The molecule has 90 valence electrons. The molecule has 0 radical (unpaired) electrons. The molecule has 1 aromatic rings. The first-order valence-electron chi connectivity index (χ1n) is 5.63. The summed E-state index contributed by atoms with van der Waals surface area (Å²) in [7, 11) is 0. The Kier molecular flexibility index (Phi) is 5.25. The van der Waals surface area contributed by atoms with Gasteiger partial charge < -0.3 is 4.74 Å². The van der Waals surface area contributed by atoms with E-state index in [1.165, 1.54) is 0 Å². The van der Waals surface area contributed by atoms with Gasteiger partial charge in [-0.2, -0.15) is 0 Å². The van der Waals surface area contributed by atoms with Crippen molar-refractivity contribution in [2.75, 3.05) is 13.2 Å². The van der Waals surface area contributed by atoms with Gasteiger partial charge in [-0.25, -0.2) is 4.79 Å². The Hall–Kier alpha value is -1.79. The molecular formula is C14H17NO2. The molecule has 0 amide bonds. The lowest BCUT2D eigenvalue weighted by molar-refractivity contribution is 0.0524. The number of hydrogen-bond acceptors (Lipinski definition) is 3. The first-order valence-corrected chi connectivity index (χ1v) is 5.63. The maximum atomic E-state index is 11.8. The van der Waals surface area contributed by atoms with E-state index in [9.17, 15) is 4.79 Å². The highest BCUT2D eigenvalue weighted by Crippen LogP contribution is 2.18. The third-order valence-electron chi connectivity index (χ3n) is 2.43. The molecule has 3 nitrogen and oxygen atoms in total. The number of hydrogen-bond donors (Lipinski definition) is 1. The topological polar surface area (TPSA) is 38.3 Å². The molecule has 1 aromatic carbocycles. The Morgan fingerprint density at radius 1 is 1.53 bits per heavy atom. The Balaban J connectivity index is 2.91. The van der Waals surface area contributed by atoms with Crippen LogP contribution in [0.4, 0.5) is 0 Å². The molecule has 0 unspecified atom stereocenters. The second-order valence-corrected chi connectivity index (χ2v) is 3.61. The van der Waals surface area contributed by atoms with Gasteiger partial charge in [-0.1, -0.05) is 24.1 Å². The van der Waals surface area contributed by atoms with Gasteiger partial charge in [-0.15, -0.1) is 6.42 Å². The molecule has 0 bridgehead atoms. The van der Waals surface area contributed by atoms with Crippen molar-refractivity contribution >= 4 is 5.97 Å². The SMILES string of the molecule is C#CCN[C@@H](C)c1ccccc1C(=O)OCC. The van der Waals surface area contributed by atoms with Gasteiger partial charge in [0.25, 0.3) is 0 Å². The van der Waals surface area contributed by atoms with Gasteiger partial charge in [0.1, 0.15) is 0 Å². The molecule has 0 fully saturated rings. The van der Waals surface area contributed by atoms with E-state index in [1.807, 2.05) is 25.1 Å². The van der Waals surface area contributed by atoms with E-state index < -0.39 is 0 Å². The van der Waals surface area contributed by atoms with Gasteiger partial charge in [0, 0.05) is 6.04 Å². The minimum atomic E-state index is -0.294. The van der Waals surface area contributed by atoms with Crippen molar-refractivity contribution in [2.45, 2.75) is 19.9 Å². The highest BCUT2D eigenvalue weighted by atomic mass is 16.5. The first kappa shape index (κ1) is 13.3. The summed E-state index contributed by atoms with van der Waals surface area (Å²) >= 11 is 0. The summed E-state index contributed by atoms with van der Waals surface area (Å²) in [6.07, 6.45) is 5.20. The largest absolute Gasteiger partial charge is 0.462 e. The summed E-state index contributed by atoms with van der Waals surface area (Å²) in [4.78, 5) is 11.8. The highest BCUT2D eigenvalue weighted by Gasteiger charge is 2.15. The fourth-order valence-electron chi connectivity index (χ4n) is 1.59. The van der Waals surface area contributed by atoms with Crippen molar-refractivity contribution in [3.05, 3.63) is 35.4 Å². The third kappa shape index (κ3) is 3.61. The van der Waals surface area contributed by atoms with Gasteiger partial charge in [0.05, 0.1) is 18.7 Å². The van der Waals surface area contributed by atoms with Crippen molar-refractivity contribution in [3.63, 3.8) is 0 Å². The second-order valence-electron chi connectivity index (χ2n) is 3.61. The van der Waals surface area contributed by atoms with Crippen molar-refractivity contribution in [3.8, 4) is 12.3 Å². The standard InChI is InChI=1S/C14H17NO2/c1-4-10-15-11(3)12-8-6-7-9-13(12)14(16)17-5-2/h1,6-9,11,15H,5,10H2,2-3H3/t11-/m0/s1. The maximum Gasteiger partial charge on any atom is 0.338 e. The zero-order valence-electron chi connectivity index (χ0n) is 10.2. The van der Waals surface area contributed by atoms with Crippen LogP contribution in [0.2, 0.25) is 0 Å². The van der Waals surface area contributed by atoms with Crippen molar-refractivity contribution in [1.29, 1.82) is 0 Å². The average Bonchev–Trinajstić information content (AvgIpc) is 2.36. The zero-order valence-corrected chi connectivity index (χ0v) is 10.2. The van der Waals surface area contributed by atoms with E-state index in [4.69, 9.17) is 11.2 Å². The minimum Gasteiger partial charge on any atom is -0.462 e. The van der Waals surface area contributed by atoms with Crippen LogP contribution in [0.3, 0.4) is 0 Å². The first-order chi connectivity index (χ1) is 8.20. The fraction of sp³-hybridized carbons (Fsp3) is 0.357.